The first-order valence-electron chi connectivity index (χ1n) is 8.48. The molecule has 22 heavy (non-hydrogen) atoms. The summed E-state index contributed by atoms with van der Waals surface area (Å²) in [5.74, 6) is 2.21. The highest BCUT2D eigenvalue weighted by Gasteiger charge is 2.38. The first-order chi connectivity index (χ1) is 10.8. The molecule has 0 N–H and O–H groups in total. The highest BCUT2D eigenvalue weighted by atomic mass is 19.1. The minimum atomic E-state index is -0.218. The van der Waals surface area contributed by atoms with Crippen LogP contribution in [0.1, 0.15) is 49.7 Å². The van der Waals surface area contributed by atoms with Gasteiger partial charge in [-0.2, -0.15) is 4.98 Å². The second-order valence-corrected chi connectivity index (χ2v) is 6.49. The zero-order chi connectivity index (χ0) is 15.4. The molecule has 124 valence electrons. The lowest BCUT2D eigenvalue weighted by Crippen LogP contribution is -2.42. The summed E-state index contributed by atoms with van der Waals surface area (Å²) in [5, 5.41) is 3.93. The molecule has 0 saturated carbocycles. The number of aryl methyl sites for hydroxylation is 1. The number of ether oxygens (including phenoxy) is 1. The molecule has 3 rings (SSSR count). The number of alkyl halides is 1. The van der Waals surface area contributed by atoms with Gasteiger partial charge in [0.25, 0.3) is 0 Å². The van der Waals surface area contributed by atoms with Gasteiger partial charge >= 0.3 is 0 Å². The lowest BCUT2D eigenvalue weighted by molar-refractivity contribution is -0.0580. The highest BCUT2D eigenvalue weighted by molar-refractivity contribution is 5.01. The summed E-state index contributed by atoms with van der Waals surface area (Å²) in [6, 6.07) is 0. The van der Waals surface area contributed by atoms with Gasteiger partial charge in [0.1, 0.15) is 0 Å². The van der Waals surface area contributed by atoms with E-state index in [-0.39, 0.29) is 18.7 Å². The van der Waals surface area contributed by atoms with E-state index in [1.54, 1.807) is 0 Å². The van der Waals surface area contributed by atoms with Gasteiger partial charge in [0.15, 0.2) is 5.82 Å². The predicted octanol–water partition coefficient (Wildman–Crippen LogP) is 2.71. The molecule has 2 aliphatic rings. The maximum atomic E-state index is 12.3. The summed E-state index contributed by atoms with van der Waals surface area (Å²) in [6.45, 7) is 5.43. The van der Waals surface area contributed by atoms with E-state index in [2.05, 4.69) is 15.0 Å². The molecule has 1 aromatic heterocycles. The number of nitrogens with zero attached hydrogens (tertiary/aromatic N) is 3. The summed E-state index contributed by atoms with van der Waals surface area (Å²) in [6.07, 6.45) is 5.18. The maximum Gasteiger partial charge on any atom is 0.232 e. The van der Waals surface area contributed by atoms with Crippen molar-refractivity contribution in [1.29, 1.82) is 0 Å². The first kappa shape index (κ1) is 15.9. The fraction of sp³-hybridized carbons (Fsp3) is 0.875. The Labute approximate surface area is 131 Å². The van der Waals surface area contributed by atoms with Gasteiger partial charge in [0.05, 0.1) is 18.7 Å². The average molecular weight is 311 g/mol. The zero-order valence-electron chi connectivity index (χ0n) is 13.3. The second kappa shape index (κ2) is 7.51. The predicted molar refractivity (Wildman–Crippen MR) is 80.5 cm³/mol. The fourth-order valence-corrected chi connectivity index (χ4v) is 3.78. The van der Waals surface area contributed by atoms with E-state index < -0.39 is 0 Å². The Morgan fingerprint density at radius 2 is 2.09 bits per heavy atom. The van der Waals surface area contributed by atoms with Crippen molar-refractivity contribution >= 4 is 0 Å². The van der Waals surface area contributed by atoms with Gasteiger partial charge in [-0.15, -0.1) is 0 Å². The normalized spacial score (nSPS) is 28.1. The third kappa shape index (κ3) is 3.66. The molecular weight excluding hydrogens is 285 g/mol. The van der Waals surface area contributed by atoms with Crippen LogP contribution in [0.25, 0.3) is 0 Å². The monoisotopic (exact) mass is 311 g/mol. The van der Waals surface area contributed by atoms with Crippen LogP contribution in [-0.2, 0) is 4.74 Å². The van der Waals surface area contributed by atoms with Crippen molar-refractivity contribution in [3.8, 4) is 0 Å². The number of piperidine rings is 1. The van der Waals surface area contributed by atoms with Gasteiger partial charge in [0, 0.05) is 13.2 Å². The highest BCUT2D eigenvalue weighted by Crippen LogP contribution is 2.37. The van der Waals surface area contributed by atoms with Crippen molar-refractivity contribution in [3.63, 3.8) is 0 Å². The van der Waals surface area contributed by atoms with Crippen LogP contribution in [0.15, 0.2) is 4.52 Å². The van der Waals surface area contributed by atoms with E-state index in [1.165, 1.54) is 0 Å². The van der Waals surface area contributed by atoms with Gasteiger partial charge in [-0.1, -0.05) is 5.16 Å². The van der Waals surface area contributed by atoms with Crippen molar-refractivity contribution in [2.24, 2.45) is 5.92 Å². The van der Waals surface area contributed by atoms with Crippen molar-refractivity contribution < 1.29 is 13.7 Å². The van der Waals surface area contributed by atoms with Gasteiger partial charge in [-0.3, -0.25) is 4.39 Å². The molecule has 2 saturated heterocycles. The average Bonchev–Trinajstić information content (AvgIpc) is 3.00. The Bertz CT molecular complexity index is 460. The molecule has 0 aromatic carbocycles. The van der Waals surface area contributed by atoms with Gasteiger partial charge < -0.3 is 14.2 Å². The van der Waals surface area contributed by atoms with Crippen LogP contribution in [0.2, 0.25) is 0 Å². The quantitative estimate of drug-likeness (QED) is 0.837. The molecule has 6 heteroatoms. The van der Waals surface area contributed by atoms with E-state index in [9.17, 15) is 4.39 Å². The van der Waals surface area contributed by atoms with Crippen LogP contribution in [0.4, 0.5) is 4.39 Å². The number of hydrogen-bond donors (Lipinski definition) is 0. The summed E-state index contributed by atoms with van der Waals surface area (Å²) in [4.78, 5) is 6.79. The minimum Gasteiger partial charge on any atom is -0.377 e. The van der Waals surface area contributed by atoms with Crippen molar-refractivity contribution in [3.05, 3.63) is 11.7 Å². The van der Waals surface area contributed by atoms with E-state index in [0.717, 1.165) is 57.8 Å². The van der Waals surface area contributed by atoms with E-state index in [4.69, 9.17) is 9.26 Å². The molecule has 0 bridgehead atoms. The molecule has 0 unspecified atom stereocenters. The molecule has 0 radical (unpaired) electrons. The van der Waals surface area contributed by atoms with Crippen LogP contribution in [0, 0.1) is 12.8 Å². The van der Waals surface area contributed by atoms with E-state index in [1.807, 2.05) is 6.92 Å². The molecule has 5 nitrogen and oxygen atoms in total. The third-order valence-corrected chi connectivity index (χ3v) is 4.93. The van der Waals surface area contributed by atoms with Crippen LogP contribution >= 0.6 is 0 Å². The van der Waals surface area contributed by atoms with Crippen LogP contribution < -0.4 is 0 Å². The van der Waals surface area contributed by atoms with Crippen LogP contribution in [0.3, 0.4) is 0 Å². The second-order valence-electron chi connectivity index (χ2n) is 6.49. The number of hydrogen-bond acceptors (Lipinski definition) is 5. The Hall–Kier alpha value is -1.01. The van der Waals surface area contributed by atoms with Gasteiger partial charge in [-0.05, 0) is 58.0 Å². The molecule has 2 aliphatic heterocycles. The standard InChI is InChI=1S/C16H26FN3O2/c1-12-18-16(22-19-12)14-4-2-11-21-15(14)13-5-9-20(10-6-13)8-3-7-17/h13-15H,2-11H2,1H3/t14-,15+/m1/s1. The molecule has 2 atom stereocenters. The third-order valence-electron chi connectivity index (χ3n) is 4.93. The van der Waals surface area contributed by atoms with Gasteiger partial charge in [0.2, 0.25) is 5.89 Å². The Morgan fingerprint density at radius 3 is 2.77 bits per heavy atom. The number of aromatic nitrogens is 2. The summed E-state index contributed by atoms with van der Waals surface area (Å²) in [7, 11) is 0. The van der Waals surface area contributed by atoms with Crippen molar-refractivity contribution in [2.75, 3.05) is 32.9 Å². The largest absolute Gasteiger partial charge is 0.377 e. The zero-order valence-corrected chi connectivity index (χ0v) is 13.3. The van der Waals surface area contributed by atoms with Crippen LogP contribution in [0.5, 0.6) is 0 Å². The summed E-state index contributed by atoms with van der Waals surface area (Å²) < 4.78 is 23.8. The molecular formula is C16H26FN3O2. The lowest BCUT2D eigenvalue weighted by atomic mass is 9.80. The minimum absolute atomic E-state index is 0.192. The number of halogens is 1. The first-order valence-corrected chi connectivity index (χ1v) is 8.48. The van der Waals surface area contributed by atoms with Crippen molar-refractivity contribution in [2.45, 2.75) is 51.0 Å². The molecule has 1 aromatic rings. The Morgan fingerprint density at radius 1 is 1.27 bits per heavy atom. The summed E-state index contributed by atoms with van der Waals surface area (Å²) >= 11 is 0. The molecule has 3 heterocycles. The van der Waals surface area contributed by atoms with E-state index >= 15 is 0 Å². The summed E-state index contributed by atoms with van der Waals surface area (Å²) in [5.41, 5.74) is 0. The Balaban J connectivity index is 1.60. The molecule has 2 fully saturated rings. The number of rotatable bonds is 5. The Kier molecular flexibility index (Phi) is 5.41. The maximum absolute atomic E-state index is 12.3. The van der Waals surface area contributed by atoms with Crippen molar-refractivity contribution in [1.82, 2.24) is 15.0 Å². The molecule has 0 amide bonds. The van der Waals surface area contributed by atoms with Gasteiger partial charge in [-0.25, -0.2) is 0 Å². The van der Waals surface area contributed by atoms with Crippen LogP contribution in [-0.4, -0.2) is 54.1 Å². The molecule has 0 spiro atoms. The number of likely N-dealkylation sites (tertiary alicyclic amines) is 1. The fourth-order valence-electron chi connectivity index (χ4n) is 3.78. The molecule has 0 aliphatic carbocycles. The smallest absolute Gasteiger partial charge is 0.232 e. The lowest BCUT2D eigenvalue weighted by Gasteiger charge is -2.40. The van der Waals surface area contributed by atoms with E-state index in [0.29, 0.717) is 18.2 Å². The SMILES string of the molecule is Cc1noc([C@@H]2CCCO[C@H]2C2CCN(CCCF)CC2)n1. The topological polar surface area (TPSA) is 51.4 Å².